The number of carboxylic acid groups (broad SMARTS) is 2. The van der Waals surface area contributed by atoms with Gasteiger partial charge in [0.05, 0.1) is 6.61 Å². The Morgan fingerprint density at radius 1 is 1.03 bits per heavy atom. The van der Waals surface area contributed by atoms with Gasteiger partial charge in [0.1, 0.15) is 5.75 Å². The third kappa shape index (κ3) is 9.38. The highest BCUT2D eigenvalue weighted by atomic mass is 16.5. The molecule has 1 saturated carbocycles. The second-order valence-corrected chi connectivity index (χ2v) is 7.38. The molecule has 1 atom stereocenters. The summed E-state index contributed by atoms with van der Waals surface area (Å²) < 4.78 is 5.78. The smallest absolute Gasteiger partial charge is 0.328 e. The first-order valence-corrected chi connectivity index (χ1v) is 10.1. The number of ketones is 1. The van der Waals surface area contributed by atoms with Crippen molar-refractivity contribution in [1.82, 2.24) is 5.32 Å². The highest BCUT2D eigenvalue weighted by Gasteiger charge is 2.30. The molecule has 1 unspecified atom stereocenters. The molecule has 1 aromatic carbocycles. The summed E-state index contributed by atoms with van der Waals surface area (Å²) in [7, 11) is 0. The number of carbonyl (C=O) groups excluding carboxylic acids is 1. The Hall–Kier alpha value is -2.67. The van der Waals surface area contributed by atoms with Gasteiger partial charge < -0.3 is 20.3 Å². The molecular weight excluding hydrogens is 374 g/mol. The van der Waals surface area contributed by atoms with Gasteiger partial charge in [0.25, 0.3) is 0 Å². The summed E-state index contributed by atoms with van der Waals surface area (Å²) in [6.07, 6.45) is 8.25. The number of benzene rings is 1. The average Bonchev–Trinajstić information content (AvgIpc) is 3.56. The second kappa shape index (κ2) is 12.0. The van der Waals surface area contributed by atoms with Gasteiger partial charge in [-0.3, -0.25) is 4.79 Å². The predicted octanol–water partition coefficient (Wildman–Crippen LogP) is 3.15. The van der Waals surface area contributed by atoms with Crippen LogP contribution in [0.3, 0.4) is 0 Å². The van der Waals surface area contributed by atoms with E-state index in [0.29, 0.717) is 23.9 Å². The Balaban J connectivity index is 0.000000321. The molecule has 0 bridgehead atoms. The maximum Gasteiger partial charge on any atom is 0.328 e. The van der Waals surface area contributed by atoms with Crippen LogP contribution in [0.15, 0.2) is 36.4 Å². The van der Waals surface area contributed by atoms with Crippen molar-refractivity contribution in [1.29, 1.82) is 0 Å². The van der Waals surface area contributed by atoms with E-state index in [4.69, 9.17) is 14.9 Å². The van der Waals surface area contributed by atoms with E-state index in [1.807, 2.05) is 24.3 Å². The van der Waals surface area contributed by atoms with Crippen molar-refractivity contribution < 1.29 is 29.3 Å². The van der Waals surface area contributed by atoms with Crippen LogP contribution in [0.2, 0.25) is 0 Å². The molecule has 1 saturated heterocycles. The number of nitrogens with one attached hydrogen (secondary N) is 1. The van der Waals surface area contributed by atoms with E-state index in [9.17, 15) is 14.4 Å². The van der Waals surface area contributed by atoms with Crippen molar-refractivity contribution in [2.75, 3.05) is 19.7 Å². The standard InChI is InChI=1S/C18H25NO2.C4H4O4/c20-18(15-5-6-15)16-7-9-17(10-8-16)21-12-2-4-14-3-1-11-19-13-14;5-3(6)1-2-4(7)8/h7-10,14-15,19H,1-6,11-13H2;1-2H,(H,5,6)(H,7,8)/b;2-1+. The van der Waals surface area contributed by atoms with Gasteiger partial charge >= 0.3 is 11.9 Å². The first kappa shape index (κ1) is 22.6. The third-order valence-corrected chi connectivity index (χ3v) is 4.88. The minimum absolute atomic E-state index is 0.292. The lowest BCUT2D eigenvalue weighted by Crippen LogP contribution is -2.29. The highest BCUT2D eigenvalue weighted by Crippen LogP contribution is 2.32. The van der Waals surface area contributed by atoms with Crippen molar-refractivity contribution >= 4 is 17.7 Å². The van der Waals surface area contributed by atoms with Crippen LogP contribution in [0.5, 0.6) is 5.75 Å². The van der Waals surface area contributed by atoms with Gasteiger partial charge in [-0.15, -0.1) is 0 Å². The number of carboxylic acids is 2. The SMILES string of the molecule is O=C(O)/C=C/C(=O)O.O=C(c1ccc(OCCCC2CCCNC2)cc1)C1CC1. The number of ether oxygens (including phenoxy) is 1. The summed E-state index contributed by atoms with van der Waals surface area (Å²) in [5.74, 6) is -0.225. The second-order valence-electron chi connectivity index (χ2n) is 7.38. The van der Waals surface area contributed by atoms with Gasteiger partial charge in [-0.05, 0) is 81.8 Å². The van der Waals surface area contributed by atoms with Crippen LogP contribution in [-0.2, 0) is 9.59 Å². The number of rotatable bonds is 9. The molecule has 7 heteroatoms. The topological polar surface area (TPSA) is 113 Å². The first-order chi connectivity index (χ1) is 14.0. The van der Waals surface area contributed by atoms with E-state index in [-0.39, 0.29) is 0 Å². The summed E-state index contributed by atoms with van der Waals surface area (Å²) in [4.78, 5) is 31.0. The fraction of sp³-hybridized carbons (Fsp3) is 0.500. The van der Waals surface area contributed by atoms with Gasteiger partial charge in [0.15, 0.2) is 5.78 Å². The van der Waals surface area contributed by atoms with Gasteiger partial charge in [-0.1, -0.05) is 0 Å². The summed E-state index contributed by atoms with van der Waals surface area (Å²) >= 11 is 0. The molecule has 1 heterocycles. The van der Waals surface area contributed by atoms with E-state index < -0.39 is 11.9 Å². The molecule has 3 N–H and O–H groups in total. The van der Waals surface area contributed by atoms with E-state index in [2.05, 4.69) is 5.32 Å². The molecule has 158 valence electrons. The number of carbonyl (C=O) groups is 3. The van der Waals surface area contributed by atoms with Crippen molar-refractivity contribution in [3.8, 4) is 5.75 Å². The maximum atomic E-state index is 11.9. The Bertz CT molecular complexity index is 687. The molecule has 0 spiro atoms. The third-order valence-electron chi connectivity index (χ3n) is 4.88. The molecule has 2 aliphatic rings. The molecule has 3 rings (SSSR count). The van der Waals surface area contributed by atoms with E-state index in [1.54, 1.807) is 0 Å². The van der Waals surface area contributed by atoms with Crippen LogP contribution in [0.4, 0.5) is 0 Å². The van der Waals surface area contributed by atoms with Crippen LogP contribution >= 0.6 is 0 Å². The number of piperidine rings is 1. The zero-order valence-corrected chi connectivity index (χ0v) is 16.5. The van der Waals surface area contributed by atoms with Gasteiger partial charge in [0.2, 0.25) is 0 Å². The molecule has 1 aliphatic carbocycles. The van der Waals surface area contributed by atoms with Crippen LogP contribution in [0.1, 0.15) is 48.9 Å². The van der Waals surface area contributed by atoms with Crippen LogP contribution in [0.25, 0.3) is 0 Å². The Morgan fingerprint density at radius 2 is 1.69 bits per heavy atom. The average molecular weight is 403 g/mol. The molecule has 7 nitrogen and oxygen atoms in total. The predicted molar refractivity (Wildman–Crippen MR) is 108 cm³/mol. The van der Waals surface area contributed by atoms with Gasteiger partial charge in [-0.25, -0.2) is 9.59 Å². The van der Waals surface area contributed by atoms with Crippen molar-refractivity contribution in [2.45, 2.75) is 38.5 Å². The monoisotopic (exact) mass is 403 g/mol. The minimum Gasteiger partial charge on any atom is -0.494 e. The molecule has 1 aliphatic heterocycles. The Kier molecular flexibility index (Phi) is 9.37. The molecule has 0 aromatic heterocycles. The molecule has 0 amide bonds. The largest absolute Gasteiger partial charge is 0.494 e. The summed E-state index contributed by atoms with van der Waals surface area (Å²) in [5, 5.41) is 19.1. The Morgan fingerprint density at radius 3 is 2.21 bits per heavy atom. The summed E-state index contributed by atoms with van der Waals surface area (Å²) in [5.41, 5.74) is 0.832. The quantitative estimate of drug-likeness (QED) is 0.330. The van der Waals surface area contributed by atoms with Crippen molar-refractivity contribution in [3.63, 3.8) is 0 Å². The molecule has 29 heavy (non-hydrogen) atoms. The van der Waals surface area contributed by atoms with Crippen molar-refractivity contribution in [2.24, 2.45) is 11.8 Å². The number of aliphatic carboxylic acids is 2. The lowest BCUT2D eigenvalue weighted by molar-refractivity contribution is -0.134. The van der Waals surface area contributed by atoms with Crippen LogP contribution in [0, 0.1) is 11.8 Å². The first-order valence-electron chi connectivity index (χ1n) is 10.1. The number of Topliss-reactive ketones (excluding diaryl/α,β-unsaturated/α-hetero) is 1. The Labute approximate surface area is 170 Å². The highest BCUT2D eigenvalue weighted by molar-refractivity contribution is 5.99. The van der Waals surface area contributed by atoms with Crippen LogP contribution in [-0.4, -0.2) is 47.6 Å². The molecular formula is C22H29NO6. The summed E-state index contributed by atoms with van der Waals surface area (Å²) in [6, 6.07) is 7.66. The molecule has 1 aromatic rings. The normalized spacial score (nSPS) is 18.6. The van der Waals surface area contributed by atoms with E-state index >= 15 is 0 Å². The van der Waals surface area contributed by atoms with Crippen LogP contribution < -0.4 is 10.1 Å². The van der Waals surface area contributed by atoms with E-state index in [0.717, 1.165) is 49.6 Å². The summed E-state index contributed by atoms with van der Waals surface area (Å²) in [6.45, 7) is 3.11. The fourth-order valence-electron chi connectivity index (χ4n) is 3.17. The minimum atomic E-state index is -1.26. The lowest BCUT2D eigenvalue weighted by Gasteiger charge is -2.22. The van der Waals surface area contributed by atoms with Gasteiger partial charge in [0, 0.05) is 23.6 Å². The molecule has 0 radical (unpaired) electrons. The van der Waals surface area contributed by atoms with Gasteiger partial charge in [-0.2, -0.15) is 0 Å². The number of hydrogen-bond acceptors (Lipinski definition) is 5. The number of hydrogen-bond donors (Lipinski definition) is 3. The van der Waals surface area contributed by atoms with E-state index in [1.165, 1.54) is 25.8 Å². The fourth-order valence-corrected chi connectivity index (χ4v) is 3.17. The lowest BCUT2D eigenvalue weighted by atomic mass is 9.95. The maximum absolute atomic E-state index is 11.9. The zero-order chi connectivity index (χ0) is 21.1. The van der Waals surface area contributed by atoms with Crippen molar-refractivity contribution in [3.05, 3.63) is 42.0 Å². The molecule has 2 fully saturated rings. The zero-order valence-electron chi connectivity index (χ0n) is 16.5.